The van der Waals surface area contributed by atoms with Crippen molar-refractivity contribution in [1.82, 2.24) is 5.32 Å². The molecule has 0 spiro atoms. The fraction of sp³-hybridized carbons (Fsp3) is 0.500. The van der Waals surface area contributed by atoms with Gasteiger partial charge in [0.1, 0.15) is 11.3 Å². The molecule has 0 saturated carbocycles. The van der Waals surface area contributed by atoms with E-state index in [0.29, 0.717) is 5.92 Å². The van der Waals surface area contributed by atoms with Crippen LogP contribution < -0.4 is 5.32 Å². The van der Waals surface area contributed by atoms with Gasteiger partial charge in [-0.2, -0.15) is 0 Å². The van der Waals surface area contributed by atoms with Crippen LogP contribution in [0.2, 0.25) is 0 Å². The van der Waals surface area contributed by atoms with E-state index in [1.54, 1.807) is 0 Å². The quantitative estimate of drug-likeness (QED) is 0.799. The van der Waals surface area contributed by atoms with Gasteiger partial charge in [0.15, 0.2) is 0 Å². The highest BCUT2D eigenvalue weighted by Gasteiger charge is 2.15. The molecular weight excluding hydrogens is 302 g/mol. The maximum absolute atomic E-state index is 6.09. The minimum atomic E-state index is 0.256. The molecule has 19 heavy (non-hydrogen) atoms. The van der Waals surface area contributed by atoms with Gasteiger partial charge in [0.05, 0.1) is 6.04 Å². The molecule has 2 rings (SSSR count). The van der Waals surface area contributed by atoms with Crippen molar-refractivity contribution in [2.24, 2.45) is 0 Å². The molecule has 2 aromatic rings. The summed E-state index contributed by atoms with van der Waals surface area (Å²) in [6, 6.07) is 6.69. The van der Waals surface area contributed by atoms with Gasteiger partial charge in [-0.25, -0.2) is 0 Å². The Balaban J connectivity index is 2.42. The minimum Gasteiger partial charge on any atom is -0.459 e. The smallest absolute Gasteiger partial charge is 0.137 e. The van der Waals surface area contributed by atoms with Gasteiger partial charge in [-0.05, 0) is 49.6 Å². The van der Waals surface area contributed by atoms with E-state index in [2.05, 4.69) is 67.1 Å². The fourth-order valence-corrected chi connectivity index (χ4v) is 2.76. The van der Waals surface area contributed by atoms with Crippen LogP contribution in [0.5, 0.6) is 0 Å². The van der Waals surface area contributed by atoms with Crippen LogP contribution in [0.25, 0.3) is 11.0 Å². The minimum absolute atomic E-state index is 0.256. The van der Waals surface area contributed by atoms with E-state index in [1.165, 1.54) is 10.9 Å². The maximum Gasteiger partial charge on any atom is 0.137 e. The topological polar surface area (TPSA) is 25.2 Å². The van der Waals surface area contributed by atoms with E-state index >= 15 is 0 Å². The monoisotopic (exact) mass is 323 g/mol. The molecule has 1 atom stereocenters. The van der Waals surface area contributed by atoms with Crippen LogP contribution in [0.1, 0.15) is 57.4 Å². The van der Waals surface area contributed by atoms with E-state index in [1.807, 2.05) is 0 Å². The molecule has 0 aliphatic rings. The van der Waals surface area contributed by atoms with Crippen molar-refractivity contribution < 1.29 is 4.42 Å². The number of fused-ring (bicyclic) bond motifs is 1. The Morgan fingerprint density at radius 3 is 2.58 bits per heavy atom. The molecule has 1 N–H and O–H groups in total. The van der Waals surface area contributed by atoms with Gasteiger partial charge < -0.3 is 9.73 Å². The van der Waals surface area contributed by atoms with Gasteiger partial charge in [-0.3, -0.25) is 0 Å². The third-order valence-electron chi connectivity index (χ3n) is 3.38. The molecule has 104 valence electrons. The van der Waals surface area contributed by atoms with Gasteiger partial charge >= 0.3 is 0 Å². The van der Waals surface area contributed by atoms with Gasteiger partial charge in [0.2, 0.25) is 0 Å². The van der Waals surface area contributed by atoms with Crippen LogP contribution in [0.15, 0.2) is 27.1 Å². The summed E-state index contributed by atoms with van der Waals surface area (Å²) in [4.78, 5) is 0. The zero-order valence-electron chi connectivity index (χ0n) is 12.1. The van der Waals surface area contributed by atoms with Crippen molar-refractivity contribution in [3.05, 3.63) is 34.0 Å². The van der Waals surface area contributed by atoms with Crippen molar-refractivity contribution >= 4 is 26.9 Å². The number of hydrogen-bond acceptors (Lipinski definition) is 2. The molecule has 1 unspecified atom stereocenters. The van der Waals surface area contributed by atoms with E-state index < -0.39 is 0 Å². The lowest BCUT2D eigenvalue weighted by molar-refractivity contribution is 0.450. The second-order valence-electron chi connectivity index (χ2n) is 5.39. The van der Waals surface area contributed by atoms with Crippen LogP contribution >= 0.6 is 15.9 Å². The lowest BCUT2D eigenvalue weighted by Gasteiger charge is -2.10. The van der Waals surface area contributed by atoms with Crippen LogP contribution in [0.3, 0.4) is 0 Å². The SMILES string of the molecule is CCCNC(C)c1cc2cc(Br)cc(C(C)C)c2o1. The molecule has 2 nitrogen and oxygen atoms in total. The molecule has 0 saturated heterocycles. The van der Waals surface area contributed by atoms with Crippen LogP contribution in [0, 0.1) is 0 Å². The third kappa shape index (κ3) is 3.21. The Morgan fingerprint density at radius 2 is 1.95 bits per heavy atom. The number of halogens is 1. The Morgan fingerprint density at radius 1 is 1.21 bits per heavy atom. The molecule has 0 fully saturated rings. The first kappa shape index (κ1) is 14.6. The highest BCUT2D eigenvalue weighted by molar-refractivity contribution is 9.10. The molecular formula is C16H22BrNO. The molecule has 0 aliphatic heterocycles. The summed E-state index contributed by atoms with van der Waals surface area (Å²) in [7, 11) is 0. The summed E-state index contributed by atoms with van der Waals surface area (Å²) in [5, 5.41) is 4.65. The number of rotatable bonds is 5. The van der Waals surface area contributed by atoms with E-state index in [9.17, 15) is 0 Å². The lowest BCUT2D eigenvalue weighted by Crippen LogP contribution is -2.18. The molecule has 1 heterocycles. The highest BCUT2D eigenvalue weighted by Crippen LogP contribution is 2.33. The largest absolute Gasteiger partial charge is 0.459 e. The summed E-state index contributed by atoms with van der Waals surface area (Å²) in [6.07, 6.45) is 1.13. The van der Waals surface area contributed by atoms with E-state index in [4.69, 9.17) is 4.42 Å². The average Bonchev–Trinajstić information content (AvgIpc) is 2.78. The highest BCUT2D eigenvalue weighted by atomic mass is 79.9. The second kappa shape index (κ2) is 6.10. The van der Waals surface area contributed by atoms with Crippen LogP contribution in [-0.2, 0) is 0 Å². The predicted molar refractivity (Wildman–Crippen MR) is 84.7 cm³/mol. The zero-order chi connectivity index (χ0) is 14.0. The second-order valence-corrected chi connectivity index (χ2v) is 6.31. The summed E-state index contributed by atoms with van der Waals surface area (Å²) in [5.74, 6) is 1.47. The van der Waals surface area contributed by atoms with Crippen molar-refractivity contribution in [3.8, 4) is 0 Å². The third-order valence-corrected chi connectivity index (χ3v) is 3.84. The van der Waals surface area contributed by atoms with Crippen LogP contribution in [-0.4, -0.2) is 6.54 Å². The zero-order valence-corrected chi connectivity index (χ0v) is 13.7. The van der Waals surface area contributed by atoms with E-state index in [-0.39, 0.29) is 6.04 Å². The lowest BCUT2D eigenvalue weighted by atomic mass is 10.0. The first-order valence-electron chi connectivity index (χ1n) is 6.99. The Bertz CT molecular complexity index is 559. The van der Waals surface area contributed by atoms with Gasteiger partial charge in [0.25, 0.3) is 0 Å². The standard InChI is InChI=1S/C16H22BrNO/c1-5-6-18-11(4)15-8-12-7-13(17)9-14(10(2)3)16(12)19-15/h7-11,18H,5-6H2,1-4H3. The molecule has 0 radical (unpaired) electrons. The van der Waals surface area contributed by atoms with Gasteiger partial charge in [0, 0.05) is 9.86 Å². The normalized spacial score (nSPS) is 13.4. The summed E-state index contributed by atoms with van der Waals surface area (Å²) in [5.41, 5.74) is 2.29. The summed E-state index contributed by atoms with van der Waals surface area (Å²) < 4.78 is 7.21. The Labute approximate surface area is 123 Å². The van der Waals surface area contributed by atoms with Crippen LogP contribution in [0.4, 0.5) is 0 Å². The number of furan rings is 1. The number of benzene rings is 1. The molecule has 3 heteroatoms. The Hall–Kier alpha value is -0.800. The summed E-state index contributed by atoms with van der Waals surface area (Å²) in [6.45, 7) is 9.73. The first-order chi connectivity index (χ1) is 9.02. The molecule has 1 aromatic heterocycles. The molecule has 0 aliphatic carbocycles. The Kier molecular flexibility index (Phi) is 4.69. The van der Waals surface area contributed by atoms with Gasteiger partial charge in [-0.1, -0.05) is 36.7 Å². The molecule has 0 amide bonds. The van der Waals surface area contributed by atoms with Crippen molar-refractivity contribution in [1.29, 1.82) is 0 Å². The van der Waals surface area contributed by atoms with E-state index in [0.717, 1.165) is 28.8 Å². The molecule has 0 bridgehead atoms. The average molecular weight is 324 g/mol. The first-order valence-corrected chi connectivity index (χ1v) is 7.78. The maximum atomic E-state index is 6.09. The summed E-state index contributed by atoms with van der Waals surface area (Å²) >= 11 is 3.58. The van der Waals surface area contributed by atoms with Crippen molar-refractivity contribution in [2.75, 3.05) is 6.54 Å². The van der Waals surface area contributed by atoms with Gasteiger partial charge in [-0.15, -0.1) is 0 Å². The fourth-order valence-electron chi connectivity index (χ4n) is 2.27. The van der Waals surface area contributed by atoms with Crippen molar-refractivity contribution in [3.63, 3.8) is 0 Å². The molecule has 1 aromatic carbocycles. The number of nitrogens with one attached hydrogen (secondary N) is 1. The van der Waals surface area contributed by atoms with Crippen molar-refractivity contribution in [2.45, 2.75) is 46.1 Å². The predicted octanol–water partition coefficient (Wildman–Crippen LogP) is 5.38. The number of hydrogen-bond donors (Lipinski definition) is 1.